The van der Waals surface area contributed by atoms with Gasteiger partial charge < -0.3 is 5.73 Å². The zero-order valence-electron chi connectivity index (χ0n) is 12.0. The van der Waals surface area contributed by atoms with E-state index in [2.05, 4.69) is 43.3 Å². The minimum absolute atomic E-state index is 0.416. The van der Waals surface area contributed by atoms with Gasteiger partial charge in [0.25, 0.3) is 0 Å². The highest BCUT2D eigenvalue weighted by Crippen LogP contribution is 2.32. The van der Waals surface area contributed by atoms with Gasteiger partial charge in [0.05, 0.1) is 5.69 Å². The molecule has 3 aromatic rings. The number of nitrogens with two attached hydrogens (primary N) is 1. The molecule has 1 heterocycles. The maximum Gasteiger partial charge on any atom is 0.125 e. The minimum atomic E-state index is 0.416. The van der Waals surface area contributed by atoms with Gasteiger partial charge in [-0.15, -0.1) is 0 Å². The first-order chi connectivity index (χ1) is 10.2. The van der Waals surface area contributed by atoms with E-state index >= 15 is 0 Å². The van der Waals surface area contributed by atoms with Crippen molar-refractivity contribution in [1.29, 1.82) is 0 Å². The lowest BCUT2D eigenvalue weighted by atomic mass is 9.96. The lowest BCUT2D eigenvalue weighted by Crippen LogP contribution is -2.01. The Morgan fingerprint density at radius 1 is 1.00 bits per heavy atom. The van der Waals surface area contributed by atoms with Crippen LogP contribution in [0.15, 0.2) is 60.7 Å². The van der Waals surface area contributed by atoms with Crippen LogP contribution in [0.25, 0.3) is 10.6 Å². The number of hydrogen-bond donors (Lipinski definition) is 1. The molecule has 0 spiro atoms. The smallest absolute Gasteiger partial charge is 0.125 e. The van der Waals surface area contributed by atoms with E-state index in [4.69, 9.17) is 10.7 Å². The molecule has 0 aliphatic carbocycles. The van der Waals surface area contributed by atoms with Gasteiger partial charge in [0.15, 0.2) is 0 Å². The van der Waals surface area contributed by atoms with E-state index in [0.717, 1.165) is 27.7 Å². The predicted octanol–water partition coefficient (Wildman–Crippen LogP) is 4.74. The van der Waals surface area contributed by atoms with E-state index in [-0.39, 0.29) is 0 Å². The third-order valence-electron chi connectivity index (χ3n) is 3.62. The fourth-order valence-corrected chi connectivity index (χ4v) is 3.27. The maximum atomic E-state index is 6.16. The van der Waals surface area contributed by atoms with Gasteiger partial charge >= 0.3 is 0 Å². The topological polar surface area (TPSA) is 38.9 Å². The molecule has 2 aromatic carbocycles. The molecular weight excluding hydrogens is 276 g/mol. The van der Waals surface area contributed by atoms with Crippen LogP contribution in [0.2, 0.25) is 0 Å². The van der Waals surface area contributed by atoms with Crippen LogP contribution in [-0.4, -0.2) is 4.98 Å². The van der Waals surface area contributed by atoms with Gasteiger partial charge in [0.2, 0.25) is 0 Å². The Morgan fingerprint density at radius 2 is 1.62 bits per heavy atom. The number of hydrogen-bond acceptors (Lipinski definition) is 3. The Labute approximate surface area is 129 Å². The van der Waals surface area contributed by atoms with Crippen LogP contribution in [0.5, 0.6) is 0 Å². The molecule has 0 bridgehead atoms. The summed E-state index contributed by atoms with van der Waals surface area (Å²) in [7, 11) is 0. The Bertz CT molecular complexity index is 705. The summed E-state index contributed by atoms with van der Waals surface area (Å²) < 4.78 is 0. The van der Waals surface area contributed by atoms with Gasteiger partial charge in [-0.05, 0) is 17.9 Å². The zero-order chi connectivity index (χ0) is 14.7. The summed E-state index contributed by atoms with van der Waals surface area (Å²) in [5.74, 6) is 0.416. The van der Waals surface area contributed by atoms with E-state index in [1.54, 1.807) is 11.3 Å². The standard InChI is InChI=1S/C18H18N2S/c1-13(14-8-4-2-5-9-14)12-16-17(19)21-18(20-16)15-10-6-3-7-11-15/h2-11,13H,12,19H2,1H3. The van der Waals surface area contributed by atoms with Gasteiger partial charge in [-0.25, -0.2) is 4.98 Å². The first kappa shape index (κ1) is 13.8. The third kappa shape index (κ3) is 3.14. The second-order valence-electron chi connectivity index (χ2n) is 5.21. The lowest BCUT2D eigenvalue weighted by Gasteiger charge is -2.10. The van der Waals surface area contributed by atoms with Gasteiger partial charge in [-0.2, -0.15) is 0 Å². The average molecular weight is 294 g/mol. The number of anilines is 1. The molecule has 0 aliphatic heterocycles. The molecule has 2 nitrogen and oxygen atoms in total. The number of benzene rings is 2. The summed E-state index contributed by atoms with van der Waals surface area (Å²) >= 11 is 1.57. The van der Waals surface area contributed by atoms with Crippen LogP contribution in [0, 0.1) is 0 Å². The number of thiazole rings is 1. The number of nitrogens with zero attached hydrogens (tertiary/aromatic N) is 1. The van der Waals surface area contributed by atoms with Crippen LogP contribution >= 0.6 is 11.3 Å². The fraction of sp³-hybridized carbons (Fsp3) is 0.167. The van der Waals surface area contributed by atoms with Crippen molar-refractivity contribution in [2.45, 2.75) is 19.3 Å². The Hall–Kier alpha value is -2.13. The molecular formula is C18H18N2S. The highest BCUT2D eigenvalue weighted by atomic mass is 32.1. The molecule has 0 saturated heterocycles. The molecule has 21 heavy (non-hydrogen) atoms. The molecule has 0 amide bonds. The Kier molecular flexibility index (Phi) is 4.02. The predicted molar refractivity (Wildman–Crippen MR) is 90.5 cm³/mol. The van der Waals surface area contributed by atoms with Gasteiger partial charge in [0.1, 0.15) is 10.0 Å². The van der Waals surface area contributed by atoms with E-state index in [9.17, 15) is 0 Å². The fourth-order valence-electron chi connectivity index (χ4n) is 2.40. The van der Waals surface area contributed by atoms with Gasteiger partial charge in [-0.3, -0.25) is 0 Å². The third-order valence-corrected chi connectivity index (χ3v) is 4.59. The molecule has 0 radical (unpaired) electrons. The highest BCUT2D eigenvalue weighted by molar-refractivity contribution is 7.18. The first-order valence-corrected chi connectivity index (χ1v) is 7.91. The van der Waals surface area contributed by atoms with E-state index in [1.165, 1.54) is 5.56 Å². The monoisotopic (exact) mass is 294 g/mol. The van der Waals surface area contributed by atoms with Gasteiger partial charge in [0, 0.05) is 5.56 Å². The van der Waals surface area contributed by atoms with Gasteiger partial charge in [-0.1, -0.05) is 78.9 Å². The van der Waals surface area contributed by atoms with Crippen molar-refractivity contribution in [2.75, 3.05) is 5.73 Å². The maximum absolute atomic E-state index is 6.16. The van der Waals surface area contributed by atoms with E-state index < -0.39 is 0 Å². The molecule has 0 aliphatic rings. The Balaban J connectivity index is 1.82. The molecule has 0 saturated carbocycles. The molecule has 0 fully saturated rings. The number of aromatic nitrogens is 1. The largest absolute Gasteiger partial charge is 0.389 e. The molecule has 1 aromatic heterocycles. The second-order valence-corrected chi connectivity index (χ2v) is 6.24. The van der Waals surface area contributed by atoms with Crippen molar-refractivity contribution >= 4 is 16.3 Å². The van der Waals surface area contributed by atoms with Crippen molar-refractivity contribution in [3.63, 3.8) is 0 Å². The summed E-state index contributed by atoms with van der Waals surface area (Å²) in [5.41, 5.74) is 9.63. The number of nitrogen functional groups attached to an aromatic ring is 1. The van der Waals surface area contributed by atoms with Crippen molar-refractivity contribution < 1.29 is 0 Å². The van der Waals surface area contributed by atoms with Crippen LogP contribution in [0.3, 0.4) is 0 Å². The summed E-state index contributed by atoms with van der Waals surface area (Å²) in [5, 5.41) is 1.83. The van der Waals surface area contributed by atoms with Crippen molar-refractivity contribution in [3.8, 4) is 10.6 Å². The summed E-state index contributed by atoms with van der Waals surface area (Å²) in [4.78, 5) is 4.74. The van der Waals surface area contributed by atoms with E-state index in [0.29, 0.717) is 5.92 Å². The highest BCUT2D eigenvalue weighted by Gasteiger charge is 2.14. The first-order valence-electron chi connectivity index (χ1n) is 7.09. The molecule has 3 rings (SSSR count). The molecule has 1 atom stereocenters. The second kappa shape index (κ2) is 6.10. The molecule has 3 heteroatoms. The van der Waals surface area contributed by atoms with Crippen LogP contribution in [0.1, 0.15) is 24.1 Å². The molecule has 106 valence electrons. The van der Waals surface area contributed by atoms with Crippen LogP contribution in [-0.2, 0) is 6.42 Å². The van der Waals surface area contributed by atoms with E-state index in [1.807, 2.05) is 24.3 Å². The summed E-state index contributed by atoms with van der Waals surface area (Å²) in [6.07, 6.45) is 0.874. The van der Waals surface area contributed by atoms with Crippen LogP contribution in [0.4, 0.5) is 5.00 Å². The quantitative estimate of drug-likeness (QED) is 0.755. The normalized spacial score (nSPS) is 12.2. The zero-order valence-corrected chi connectivity index (χ0v) is 12.8. The molecule has 1 unspecified atom stereocenters. The minimum Gasteiger partial charge on any atom is -0.389 e. The van der Waals surface area contributed by atoms with Crippen LogP contribution < -0.4 is 5.73 Å². The molecule has 2 N–H and O–H groups in total. The average Bonchev–Trinajstić information content (AvgIpc) is 2.90. The Morgan fingerprint density at radius 3 is 2.29 bits per heavy atom. The van der Waals surface area contributed by atoms with Crippen molar-refractivity contribution in [2.24, 2.45) is 0 Å². The number of rotatable bonds is 4. The summed E-state index contributed by atoms with van der Waals surface area (Å²) in [6.45, 7) is 2.22. The van der Waals surface area contributed by atoms with Crippen molar-refractivity contribution in [1.82, 2.24) is 4.98 Å². The lowest BCUT2D eigenvalue weighted by molar-refractivity contribution is 0.747. The van der Waals surface area contributed by atoms with Crippen molar-refractivity contribution in [3.05, 3.63) is 71.9 Å². The summed E-state index contributed by atoms with van der Waals surface area (Å²) in [6, 6.07) is 20.7. The SMILES string of the molecule is CC(Cc1nc(-c2ccccc2)sc1N)c1ccccc1.